The predicted octanol–water partition coefficient (Wildman–Crippen LogP) is 2.67. The van der Waals surface area contributed by atoms with Crippen molar-refractivity contribution < 1.29 is 4.79 Å². The molecule has 0 aliphatic carbocycles. The van der Waals surface area contributed by atoms with Crippen LogP contribution in [0.3, 0.4) is 0 Å². The van der Waals surface area contributed by atoms with Crippen LogP contribution in [0.1, 0.15) is 11.1 Å². The molecule has 0 unspecified atom stereocenters. The summed E-state index contributed by atoms with van der Waals surface area (Å²) in [6.07, 6.45) is 0.758. The number of amides is 1. The Hall–Kier alpha value is -2.34. The Kier molecular flexibility index (Phi) is 3.82. The molecule has 2 rings (SSSR count). The Labute approximate surface area is 113 Å². The van der Waals surface area contributed by atoms with Gasteiger partial charge in [-0.05, 0) is 29.7 Å². The number of hydrogen-bond acceptors (Lipinski definition) is 2. The van der Waals surface area contributed by atoms with Crippen LogP contribution < -0.4 is 0 Å². The van der Waals surface area contributed by atoms with Crippen molar-refractivity contribution in [3.8, 4) is 6.07 Å². The van der Waals surface area contributed by atoms with E-state index >= 15 is 0 Å². The van der Waals surface area contributed by atoms with Crippen LogP contribution in [-0.4, -0.2) is 24.4 Å². The van der Waals surface area contributed by atoms with Gasteiger partial charge in [0.2, 0.25) is 0 Å². The molecule has 0 spiro atoms. The van der Waals surface area contributed by atoms with Crippen molar-refractivity contribution in [1.82, 2.24) is 4.90 Å². The summed E-state index contributed by atoms with van der Waals surface area (Å²) in [5.74, 6) is -0.489. The van der Waals surface area contributed by atoms with E-state index in [-0.39, 0.29) is 0 Å². The van der Waals surface area contributed by atoms with Crippen molar-refractivity contribution in [3.05, 3.63) is 47.5 Å². The second kappa shape index (κ2) is 5.53. The van der Waals surface area contributed by atoms with Gasteiger partial charge in [-0.25, -0.2) is 0 Å². The Bertz CT molecular complexity index is 655. The van der Waals surface area contributed by atoms with Crippen LogP contribution in [0.2, 0.25) is 0 Å². The molecule has 0 heterocycles. The lowest BCUT2D eigenvalue weighted by molar-refractivity contribution is -0.124. The first-order chi connectivity index (χ1) is 9.10. The minimum atomic E-state index is -0.489. The number of likely N-dealkylation sites (N-methyl/N-ethyl adjacent to an activating group) is 1. The van der Waals surface area contributed by atoms with E-state index in [2.05, 4.69) is 43.3 Å². The molecule has 0 atom stereocenters. The number of nitrogens with zero attached hydrogens (tertiary/aromatic N) is 2. The van der Waals surface area contributed by atoms with Crippen molar-refractivity contribution >= 4 is 16.7 Å². The SMILES string of the molecule is Cc1ccc2cc(CCN(C)C(=O)C#N)ccc2c1. The summed E-state index contributed by atoms with van der Waals surface area (Å²) in [6.45, 7) is 2.64. The van der Waals surface area contributed by atoms with Crippen molar-refractivity contribution in [2.24, 2.45) is 0 Å². The van der Waals surface area contributed by atoms with Gasteiger partial charge in [-0.2, -0.15) is 5.26 Å². The smallest absolute Gasteiger partial charge is 0.324 e. The normalized spacial score (nSPS) is 10.2. The highest BCUT2D eigenvalue weighted by Gasteiger charge is 2.06. The van der Waals surface area contributed by atoms with Crippen LogP contribution in [0, 0.1) is 18.3 Å². The fourth-order valence-corrected chi connectivity index (χ4v) is 2.05. The highest BCUT2D eigenvalue weighted by molar-refractivity contribution is 5.91. The highest BCUT2D eigenvalue weighted by atomic mass is 16.2. The average Bonchev–Trinajstić information content (AvgIpc) is 2.43. The number of carbonyl (C=O) groups is 1. The van der Waals surface area contributed by atoms with Gasteiger partial charge in [0.05, 0.1) is 0 Å². The zero-order valence-corrected chi connectivity index (χ0v) is 11.2. The van der Waals surface area contributed by atoms with E-state index in [9.17, 15) is 4.79 Å². The maximum atomic E-state index is 11.1. The average molecular weight is 252 g/mol. The molecule has 0 aromatic heterocycles. The third kappa shape index (κ3) is 3.11. The lowest BCUT2D eigenvalue weighted by atomic mass is 10.0. The van der Waals surface area contributed by atoms with E-state index in [1.807, 2.05) is 0 Å². The molecule has 3 heteroatoms. The summed E-state index contributed by atoms with van der Waals surface area (Å²) in [5, 5.41) is 11.0. The number of carbonyl (C=O) groups excluding carboxylic acids is 1. The molecule has 96 valence electrons. The Morgan fingerprint density at radius 1 is 1.21 bits per heavy atom. The highest BCUT2D eigenvalue weighted by Crippen LogP contribution is 2.18. The molecule has 2 aromatic rings. The summed E-state index contributed by atoms with van der Waals surface area (Å²) in [5.41, 5.74) is 2.42. The monoisotopic (exact) mass is 252 g/mol. The largest absolute Gasteiger partial charge is 0.333 e. The maximum Gasteiger partial charge on any atom is 0.324 e. The fourth-order valence-electron chi connectivity index (χ4n) is 2.05. The second-order valence-corrected chi connectivity index (χ2v) is 4.77. The van der Waals surface area contributed by atoms with E-state index in [1.165, 1.54) is 26.8 Å². The molecule has 0 aliphatic heterocycles. The van der Waals surface area contributed by atoms with E-state index in [4.69, 9.17) is 5.26 Å². The molecular weight excluding hydrogens is 236 g/mol. The molecular formula is C16H16N2O. The number of aryl methyl sites for hydroxylation is 1. The lowest BCUT2D eigenvalue weighted by Gasteiger charge is -2.13. The summed E-state index contributed by atoms with van der Waals surface area (Å²) < 4.78 is 0. The number of rotatable bonds is 3. The molecule has 0 radical (unpaired) electrons. The minimum absolute atomic E-state index is 0.489. The second-order valence-electron chi connectivity index (χ2n) is 4.77. The van der Waals surface area contributed by atoms with E-state index in [0.29, 0.717) is 6.54 Å². The van der Waals surface area contributed by atoms with Gasteiger partial charge in [0, 0.05) is 13.6 Å². The van der Waals surface area contributed by atoms with Crippen LogP contribution in [-0.2, 0) is 11.2 Å². The molecule has 1 amide bonds. The first-order valence-electron chi connectivity index (χ1n) is 6.24. The van der Waals surface area contributed by atoms with Crippen molar-refractivity contribution in [1.29, 1.82) is 5.26 Å². The number of fused-ring (bicyclic) bond motifs is 1. The summed E-state index contributed by atoms with van der Waals surface area (Å²) in [6, 6.07) is 14.3. The quantitative estimate of drug-likeness (QED) is 0.788. The van der Waals surface area contributed by atoms with Crippen LogP contribution >= 0.6 is 0 Å². The summed E-state index contributed by atoms with van der Waals surface area (Å²) in [7, 11) is 1.65. The lowest BCUT2D eigenvalue weighted by Crippen LogP contribution is -2.27. The molecule has 0 saturated heterocycles. The van der Waals surface area contributed by atoms with Gasteiger partial charge in [0.15, 0.2) is 6.07 Å². The van der Waals surface area contributed by atoms with Gasteiger partial charge in [-0.3, -0.25) is 4.79 Å². The number of nitriles is 1. The first kappa shape index (κ1) is 13.1. The molecule has 0 fully saturated rings. The molecule has 0 N–H and O–H groups in total. The van der Waals surface area contributed by atoms with Crippen LogP contribution in [0.5, 0.6) is 0 Å². The van der Waals surface area contributed by atoms with Gasteiger partial charge in [-0.1, -0.05) is 42.0 Å². The predicted molar refractivity (Wildman–Crippen MR) is 75.6 cm³/mol. The van der Waals surface area contributed by atoms with Crippen molar-refractivity contribution in [3.63, 3.8) is 0 Å². The molecule has 0 saturated carbocycles. The van der Waals surface area contributed by atoms with Crippen molar-refractivity contribution in [2.45, 2.75) is 13.3 Å². The zero-order valence-electron chi connectivity index (χ0n) is 11.2. The number of benzene rings is 2. The Morgan fingerprint density at radius 2 is 1.89 bits per heavy atom. The van der Waals surface area contributed by atoms with E-state index in [1.54, 1.807) is 13.1 Å². The molecule has 0 bridgehead atoms. The molecule has 19 heavy (non-hydrogen) atoms. The zero-order chi connectivity index (χ0) is 13.8. The van der Waals surface area contributed by atoms with Crippen LogP contribution in [0.25, 0.3) is 10.8 Å². The first-order valence-corrected chi connectivity index (χ1v) is 6.24. The van der Waals surface area contributed by atoms with E-state index < -0.39 is 5.91 Å². The van der Waals surface area contributed by atoms with Crippen LogP contribution in [0.15, 0.2) is 36.4 Å². The standard InChI is InChI=1S/C16H16N2O/c1-12-3-5-15-10-13(4-6-14(15)9-12)7-8-18(2)16(19)11-17/h3-6,9-10H,7-8H2,1-2H3. The summed E-state index contributed by atoms with van der Waals surface area (Å²) in [4.78, 5) is 12.6. The van der Waals surface area contributed by atoms with Gasteiger partial charge < -0.3 is 4.90 Å². The Morgan fingerprint density at radius 3 is 2.63 bits per heavy atom. The molecule has 3 nitrogen and oxygen atoms in total. The molecule has 0 aliphatic rings. The Balaban J connectivity index is 2.12. The summed E-state index contributed by atoms with van der Waals surface area (Å²) >= 11 is 0. The van der Waals surface area contributed by atoms with Gasteiger partial charge >= 0.3 is 5.91 Å². The van der Waals surface area contributed by atoms with Gasteiger partial charge in [-0.15, -0.1) is 0 Å². The number of hydrogen-bond donors (Lipinski definition) is 0. The van der Waals surface area contributed by atoms with Gasteiger partial charge in [0.25, 0.3) is 0 Å². The van der Waals surface area contributed by atoms with Crippen LogP contribution in [0.4, 0.5) is 0 Å². The molecule has 2 aromatic carbocycles. The minimum Gasteiger partial charge on any atom is -0.333 e. The fraction of sp³-hybridized carbons (Fsp3) is 0.250. The van der Waals surface area contributed by atoms with E-state index in [0.717, 1.165) is 6.42 Å². The topological polar surface area (TPSA) is 44.1 Å². The maximum absolute atomic E-state index is 11.1. The third-order valence-corrected chi connectivity index (χ3v) is 3.24. The van der Waals surface area contributed by atoms with Gasteiger partial charge in [0.1, 0.15) is 0 Å². The third-order valence-electron chi connectivity index (χ3n) is 3.24. The van der Waals surface area contributed by atoms with Crippen molar-refractivity contribution in [2.75, 3.05) is 13.6 Å².